The lowest BCUT2D eigenvalue weighted by Crippen LogP contribution is -2.36. The van der Waals surface area contributed by atoms with E-state index in [1.807, 2.05) is 0 Å². The van der Waals surface area contributed by atoms with Gasteiger partial charge in [0, 0.05) is 7.11 Å². The van der Waals surface area contributed by atoms with Crippen LogP contribution in [0.1, 0.15) is 39.5 Å². The molecule has 1 fully saturated rings. The third kappa shape index (κ3) is 2.68. The number of hydrogen-bond acceptors (Lipinski definition) is 2. The van der Waals surface area contributed by atoms with E-state index in [-0.39, 0.29) is 12.2 Å². The van der Waals surface area contributed by atoms with Gasteiger partial charge in [-0.15, -0.1) is 0 Å². The number of hydrogen-bond donors (Lipinski definition) is 1. The third-order valence-electron chi connectivity index (χ3n) is 3.55. The molecule has 1 N–H and O–H groups in total. The Morgan fingerprint density at radius 1 is 1.46 bits per heavy atom. The summed E-state index contributed by atoms with van der Waals surface area (Å²) in [5.74, 6) is 1.52. The number of aliphatic hydroxyl groups is 1. The van der Waals surface area contributed by atoms with Gasteiger partial charge in [-0.2, -0.15) is 0 Å². The van der Waals surface area contributed by atoms with Crippen LogP contribution in [0.3, 0.4) is 0 Å². The summed E-state index contributed by atoms with van der Waals surface area (Å²) < 4.78 is 5.28. The van der Waals surface area contributed by atoms with E-state index >= 15 is 0 Å². The summed E-state index contributed by atoms with van der Waals surface area (Å²) in [6.07, 6.45) is 4.19. The van der Waals surface area contributed by atoms with Crippen LogP contribution in [0.5, 0.6) is 0 Å². The Kier molecular flexibility index (Phi) is 4.20. The molecule has 0 radical (unpaired) electrons. The molecule has 13 heavy (non-hydrogen) atoms. The standard InChI is InChI=1S/C11H22O2/c1-4-8(2)9-5-6-10(12)11(7-9)13-3/h8-12H,4-7H2,1-3H3. The SMILES string of the molecule is CCC(C)C1CCC(O)C(OC)C1. The van der Waals surface area contributed by atoms with Crippen LogP contribution in [-0.2, 0) is 4.74 Å². The summed E-state index contributed by atoms with van der Waals surface area (Å²) in [4.78, 5) is 0. The van der Waals surface area contributed by atoms with E-state index in [0.29, 0.717) is 0 Å². The van der Waals surface area contributed by atoms with E-state index in [1.54, 1.807) is 7.11 Å². The summed E-state index contributed by atoms with van der Waals surface area (Å²) in [7, 11) is 1.70. The summed E-state index contributed by atoms with van der Waals surface area (Å²) in [6, 6.07) is 0. The largest absolute Gasteiger partial charge is 0.390 e. The predicted molar refractivity (Wildman–Crippen MR) is 53.6 cm³/mol. The Labute approximate surface area is 81.3 Å². The fourth-order valence-electron chi connectivity index (χ4n) is 2.25. The van der Waals surface area contributed by atoms with Gasteiger partial charge in [-0.05, 0) is 31.1 Å². The molecule has 0 aromatic rings. The number of rotatable bonds is 3. The van der Waals surface area contributed by atoms with Crippen molar-refractivity contribution in [2.75, 3.05) is 7.11 Å². The highest BCUT2D eigenvalue weighted by atomic mass is 16.5. The second kappa shape index (κ2) is 4.97. The highest BCUT2D eigenvalue weighted by Crippen LogP contribution is 2.32. The minimum Gasteiger partial charge on any atom is -0.390 e. The van der Waals surface area contributed by atoms with Crippen molar-refractivity contribution >= 4 is 0 Å². The van der Waals surface area contributed by atoms with Gasteiger partial charge in [-0.1, -0.05) is 20.3 Å². The molecule has 1 rings (SSSR count). The van der Waals surface area contributed by atoms with Crippen molar-refractivity contribution < 1.29 is 9.84 Å². The monoisotopic (exact) mass is 186 g/mol. The molecular weight excluding hydrogens is 164 g/mol. The first-order chi connectivity index (χ1) is 6.19. The van der Waals surface area contributed by atoms with E-state index in [9.17, 15) is 5.11 Å². The predicted octanol–water partition coefficient (Wildman–Crippen LogP) is 2.21. The van der Waals surface area contributed by atoms with Gasteiger partial charge >= 0.3 is 0 Å². The maximum Gasteiger partial charge on any atom is 0.0832 e. The fourth-order valence-corrected chi connectivity index (χ4v) is 2.25. The van der Waals surface area contributed by atoms with E-state index in [4.69, 9.17) is 4.74 Å². The van der Waals surface area contributed by atoms with Gasteiger partial charge in [-0.25, -0.2) is 0 Å². The Bertz CT molecular complexity index is 147. The first kappa shape index (κ1) is 11.0. The molecule has 78 valence electrons. The fraction of sp³-hybridized carbons (Fsp3) is 1.00. The minimum absolute atomic E-state index is 0.0766. The maximum absolute atomic E-state index is 9.62. The average molecular weight is 186 g/mol. The first-order valence-electron chi connectivity index (χ1n) is 5.39. The van der Waals surface area contributed by atoms with E-state index < -0.39 is 0 Å². The molecule has 0 aromatic heterocycles. The zero-order chi connectivity index (χ0) is 9.84. The van der Waals surface area contributed by atoms with Crippen LogP contribution in [0.25, 0.3) is 0 Å². The zero-order valence-corrected chi connectivity index (χ0v) is 8.99. The van der Waals surface area contributed by atoms with E-state index in [2.05, 4.69) is 13.8 Å². The van der Waals surface area contributed by atoms with Crippen LogP contribution in [0.4, 0.5) is 0 Å². The summed E-state index contributed by atoms with van der Waals surface area (Å²) in [5, 5.41) is 9.62. The molecule has 0 aromatic carbocycles. The van der Waals surface area contributed by atoms with Crippen LogP contribution < -0.4 is 0 Å². The zero-order valence-electron chi connectivity index (χ0n) is 8.99. The van der Waals surface area contributed by atoms with Crippen LogP contribution >= 0.6 is 0 Å². The highest BCUT2D eigenvalue weighted by molar-refractivity contribution is 4.82. The van der Waals surface area contributed by atoms with Crippen molar-refractivity contribution in [3.05, 3.63) is 0 Å². The molecule has 1 aliphatic rings. The quantitative estimate of drug-likeness (QED) is 0.732. The molecule has 0 aliphatic heterocycles. The van der Waals surface area contributed by atoms with Gasteiger partial charge < -0.3 is 9.84 Å². The number of aliphatic hydroxyl groups excluding tert-OH is 1. The van der Waals surface area contributed by atoms with Crippen molar-refractivity contribution in [1.82, 2.24) is 0 Å². The topological polar surface area (TPSA) is 29.5 Å². The van der Waals surface area contributed by atoms with Crippen molar-refractivity contribution in [3.8, 4) is 0 Å². The Hall–Kier alpha value is -0.0800. The molecule has 4 atom stereocenters. The number of ether oxygens (including phenoxy) is 1. The summed E-state index contributed by atoms with van der Waals surface area (Å²) >= 11 is 0. The van der Waals surface area contributed by atoms with Crippen molar-refractivity contribution in [2.24, 2.45) is 11.8 Å². The average Bonchev–Trinajstić information content (AvgIpc) is 2.17. The van der Waals surface area contributed by atoms with Gasteiger partial charge in [0.15, 0.2) is 0 Å². The van der Waals surface area contributed by atoms with Crippen molar-refractivity contribution in [1.29, 1.82) is 0 Å². The molecule has 0 heterocycles. The molecule has 0 spiro atoms. The Morgan fingerprint density at radius 3 is 2.69 bits per heavy atom. The highest BCUT2D eigenvalue weighted by Gasteiger charge is 2.31. The Morgan fingerprint density at radius 2 is 2.15 bits per heavy atom. The van der Waals surface area contributed by atoms with Crippen LogP contribution in [0.15, 0.2) is 0 Å². The molecule has 1 saturated carbocycles. The van der Waals surface area contributed by atoms with Gasteiger partial charge in [0.25, 0.3) is 0 Å². The van der Waals surface area contributed by atoms with Gasteiger partial charge in [0.2, 0.25) is 0 Å². The molecular formula is C11H22O2. The van der Waals surface area contributed by atoms with Crippen LogP contribution in [-0.4, -0.2) is 24.4 Å². The maximum atomic E-state index is 9.62. The first-order valence-corrected chi connectivity index (χ1v) is 5.39. The lowest BCUT2D eigenvalue weighted by molar-refractivity contribution is -0.0572. The Balaban J connectivity index is 2.44. The van der Waals surface area contributed by atoms with Crippen LogP contribution in [0.2, 0.25) is 0 Å². The number of methoxy groups -OCH3 is 1. The van der Waals surface area contributed by atoms with E-state index in [1.165, 1.54) is 6.42 Å². The lowest BCUT2D eigenvalue weighted by atomic mass is 9.77. The van der Waals surface area contributed by atoms with Gasteiger partial charge in [-0.3, -0.25) is 0 Å². The molecule has 0 saturated heterocycles. The smallest absolute Gasteiger partial charge is 0.0832 e. The van der Waals surface area contributed by atoms with Gasteiger partial charge in [0.05, 0.1) is 12.2 Å². The van der Waals surface area contributed by atoms with Crippen molar-refractivity contribution in [2.45, 2.75) is 51.7 Å². The molecule has 2 heteroatoms. The molecule has 0 amide bonds. The molecule has 4 unspecified atom stereocenters. The molecule has 2 nitrogen and oxygen atoms in total. The minimum atomic E-state index is -0.231. The second-order valence-corrected chi connectivity index (χ2v) is 4.30. The van der Waals surface area contributed by atoms with Gasteiger partial charge in [0.1, 0.15) is 0 Å². The third-order valence-corrected chi connectivity index (χ3v) is 3.55. The van der Waals surface area contributed by atoms with Crippen molar-refractivity contribution in [3.63, 3.8) is 0 Å². The summed E-state index contributed by atoms with van der Waals surface area (Å²) in [6.45, 7) is 4.53. The summed E-state index contributed by atoms with van der Waals surface area (Å²) in [5.41, 5.74) is 0. The van der Waals surface area contributed by atoms with Crippen LogP contribution in [0, 0.1) is 11.8 Å². The normalized spacial score (nSPS) is 37.4. The molecule has 1 aliphatic carbocycles. The molecule has 0 bridgehead atoms. The second-order valence-electron chi connectivity index (χ2n) is 4.30. The lowest BCUT2D eigenvalue weighted by Gasteiger charge is -2.35. The van der Waals surface area contributed by atoms with E-state index in [0.717, 1.165) is 31.1 Å².